The monoisotopic (exact) mass is 549 g/mol. The molecule has 0 aliphatic rings. The molecule has 43 heavy (non-hydrogen) atoms. The van der Waals surface area contributed by atoms with E-state index in [2.05, 4.69) is 156 Å². The first kappa shape index (κ1) is 25.0. The van der Waals surface area contributed by atoms with E-state index in [0.29, 0.717) is 5.82 Å². The van der Waals surface area contributed by atoms with E-state index in [-0.39, 0.29) is 0 Å². The number of fused-ring (bicyclic) bond motifs is 3. The summed E-state index contributed by atoms with van der Waals surface area (Å²) in [5.74, 6) is 0.697. The summed E-state index contributed by atoms with van der Waals surface area (Å²) in [4.78, 5) is 10.3. The van der Waals surface area contributed by atoms with Crippen LogP contribution in [0.3, 0.4) is 0 Å². The molecule has 0 aliphatic carbocycles. The van der Waals surface area contributed by atoms with Crippen molar-refractivity contribution in [3.8, 4) is 50.7 Å². The molecule has 0 radical (unpaired) electrons. The van der Waals surface area contributed by atoms with Crippen molar-refractivity contribution in [3.63, 3.8) is 0 Å². The Hall–Kier alpha value is -5.80. The maximum absolute atomic E-state index is 5.16. The van der Waals surface area contributed by atoms with Gasteiger partial charge in [-0.25, -0.2) is 9.97 Å². The molecule has 3 nitrogen and oxygen atoms in total. The average molecular weight is 550 g/mol. The van der Waals surface area contributed by atoms with Crippen molar-refractivity contribution in [2.24, 2.45) is 0 Å². The highest BCUT2D eigenvalue weighted by atomic mass is 15.0. The van der Waals surface area contributed by atoms with Gasteiger partial charge < -0.3 is 4.57 Å². The SMILES string of the molecule is c1ccc(-c2ccc3c(c2)c2ccccc2n3-c2ccccc2-c2nc(-c3ccccc3)cc(-c3ccccc3)n2)cc1. The molecule has 8 rings (SSSR count). The zero-order chi connectivity index (χ0) is 28.6. The van der Waals surface area contributed by atoms with Crippen molar-refractivity contribution < 1.29 is 0 Å². The largest absolute Gasteiger partial charge is 0.309 e. The molecule has 6 aromatic carbocycles. The molecule has 0 saturated carbocycles. The van der Waals surface area contributed by atoms with Gasteiger partial charge in [0.25, 0.3) is 0 Å². The van der Waals surface area contributed by atoms with Gasteiger partial charge in [-0.2, -0.15) is 0 Å². The molecule has 3 heteroatoms. The Morgan fingerprint density at radius 1 is 0.372 bits per heavy atom. The van der Waals surface area contributed by atoms with Crippen LogP contribution in [0.25, 0.3) is 72.5 Å². The van der Waals surface area contributed by atoms with Gasteiger partial charge in [-0.15, -0.1) is 0 Å². The molecule has 0 spiro atoms. The van der Waals surface area contributed by atoms with Crippen LogP contribution < -0.4 is 0 Å². The van der Waals surface area contributed by atoms with Gasteiger partial charge in [0.1, 0.15) is 0 Å². The molecule has 0 unspecified atom stereocenters. The third-order valence-electron chi connectivity index (χ3n) is 8.03. The molecular weight excluding hydrogens is 522 g/mol. The lowest BCUT2D eigenvalue weighted by Gasteiger charge is -2.15. The topological polar surface area (TPSA) is 30.7 Å². The standard InChI is InChI=1S/C40H27N3/c1-4-14-28(15-5-1)31-24-25-39-34(26-31)32-20-10-12-22-37(32)43(39)38-23-13-11-21-33(38)40-41-35(29-16-6-2-7-17-29)27-36(42-40)30-18-8-3-9-19-30/h1-27H. The van der Waals surface area contributed by atoms with Crippen LogP contribution in [0.4, 0.5) is 0 Å². The van der Waals surface area contributed by atoms with E-state index >= 15 is 0 Å². The van der Waals surface area contributed by atoms with Crippen LogP contribution in [0.5, 0.6) is 0 Å². The average Bonchev–Trinajstić information content (AvgIpc) is 3.43. The lowest BCUT2D eigenvalue weighted by molar-refractivity contribution is 1.14. The predicted octanol–water partition coefficient (Wildman–Crippen LogP) is 10.2. The molecule has 2 heterocycles. The van der Waals surface area contributed by atoms with Crippen LogP contribution in [-0.2, 0) is 0 Å². The van der Waals surface area contributed by atoms with E-state index in [1.54, 1.807) is 0 Å². The fourth-order valence-corrected chi connectivity index (χ4v) is 5.98. The Balaban J connectivity index is 1.38. The zero-order valence-electron chi connectivity index (χ0n) is 23.4. The summed E-state index contributed by atoms with van der Waals surface area (Å²) in [5.41, 5.74) is 10.7. The highest BCUT2D eigenvalue weighted by molar-refractivity contribution is 6.11. The van der Waals surface area contributed by atoms with Crippen molar-refractivity contribution >= 4 is 21.8 Å². The van der Waals surface area contributed by atoms with Crippen molar-refractivity contribution in [2.45, 2.75) is 0 Å². The summed E-state index contributed by atoms with van der Waals surface area (Å²) >= 11 is 0. The fourth-order valence-electron chi connectivity index (χ4n) is 5.98. The summed E-state index contributed by atoms with van der Waals surface area (Å²) < 4.78 is 2.36. The molecule has 0 bridgehead atoms. The Morgan fingerprint density at radius 3 is 1.58 bits per heavy atom. The first-order chi connectivity index (χ1) is 21.3. The van der Waals surface area contributed by atoms with Gasteiger partial charge in [-0.3, -0.25) is 0 Å². The number of hydrogen-bond acceptors (Lipinski definition) is 2. The van der Waals surface area contributed by atoms with Gasteiger partial charge in [0.15, 0.2) is 5.82 Å². The van der Waals surface area contributed by atoms with Gasteiger partial charge in [-0.1, -0.05) is 127 Å². The summed E-state index contributed by atoms with van der Waals surface area (Å²) in [6.45, 7) is 0. The van der Waals surface area contributed by atoms with E-state index in [1.165, 1.54) is 21.9 Å². The third kappa shape index (κ3) is 4.48. The van der Waals surface area contributed by atoms with Crippen molar-refractivity contribution in [1.29, 1.82) is 0 Å². The molecular formula is C40H27N3. The maximum Gasteiger partial charge on any atom is 0.162 e. The summed E-state index contributed by atoms with van der Waals surface area (Å²) in [6.07, 6.45) is 0. The van der Waals surface area contributed by atoms with E-state index in [4.69, 9.17) is 9.97 Å². The minimum Gasteiger partial charge on any atom is -0.309 e. The lowest BCUT2D eigenvalue weighted by atomic mass is 10.0. The lowest BCUT2D eigenvalue weighted by Crippen LogP contribution is -2.01. The van der Waals surface area contributed by atoms with Crippen LogP contribution in [0, 0.1) is 0 Å². The van der Waals surface area contributed by atoms with Crippen LogP contribution in [-0.4, -0.2) is 14.5 Å². The van der Waals surface area contributed by atoms with E-state index in [9.17, 15) is 0 Å². The Kier molecular flexibility index (Phi) is 6.12. The normalized spacial score (nSPS) is 11.3. The van der Waals surface area contributed by atoms with Gasteiger partial charge in [0.2, 0.25) is 0 Å². The molecule has 8 aromatic rings. The molecule has 0 N–H and O–H groups in total. The molecule has 0 fully saturated rings. The Morgan fingerprint density at radius 2 is 0.907 bits per heavy atom. The molecule has 0 aliphatic heterocycles. The fraction of sp³-hybridized carbons (Fsp3) is 0. The third-order valence-corrected chi connectivity index (χ3v) is 8.03. The second-order valence-corrected chi connectivity index (χ2v) is 10.7. The number of rotatable bonds is 5. The Bertz CT molecular complexity index is 2160. The van der Waals surface area contributed by atoms with Crippen molar-refractivity contribution in [1.82, 2.24) is 14.5 Å². The van der Waals surface area contributed by atoms with Crippen molar-refractivity contribution in [3.05, 3.63) is 164 Å². The smallest absolute Gasteiger partial charge is 0.162 e. The van der Waals surface area contributed by atoms with E-state index in [0.717, 1.165) is 44.8 Å². The first-order valence-corrected chi connectivity index (χ1v) is 14.5. The summed E-state index contributed by atoms with van der Waals surface area (Å²) in [5, 5.41) is 2.43. The second-order valence-electron chi connectivity index (χ2n) is 10.7. The van der Waals surface area contributed by atoms with Gasteiger partial charge >= 0.3 is 0 Å². The number of hydrogen-bond donors (Lipinski definition) is 0. The highest BCUT2D eigenvalue weighted by Crippen LogP contribution is 2.38. The molecule has 2 aromatic heterocycles. The van der Waals surface area contributed by atoms with E-state index < -0.39 is 0 Å². The molecule has 202 valence electrons. The number of benzene rings is 6. The summed E-state index contributed by atoms with van der Waals surface area (Å²) in [7, 11) is 0. The van der Waals surface area contributed by atoms with E-state index in [1.807, 2.05) is 12.1 Å². The Labute approximate surface area is 250 Å². The number of para-hydroxylation sites is 2. The zero-order valence-corrected chi connectivity index (χ0v) is 23.4. The van der Waals surface area contributed by atoms with Crippen LogP contribution in [0.1, 0.15) is 0 Å². The van der Waals surface area contributed by atoms with Gasteiger partial charge in [0, 0.05) is 27.5 Å². The quantitative estimate of drug-likeness (QED) is 0.214. The maximum atomic E-state index is 5.16. The first-order valence-electron chi connectivity index (χ1n) is 14.5. The van der Waals surface area contributed by atoms with Crippen LogP contribution in [0.2, 0.25) is 0 Å². The number of aromatic nitrogens is 3. The number of nitrogens with zero attached hydrogens (tertiary/aromatic N) is 3. The molecule has 0 saturated heterocycles. The minimum atomic E-state index is 0.697. The highest BCUT2D eigenvalue weighted by Gasteiger charge is 2.18. The van der Waals surface area contributed by atoms with Gasteiger partial charge in [0.05, 0.1) is 28.1 Å². The van der Waals surface area contributed by atoms with Gasteiger partial charge in [-0.05, 0) is 47.5 Å². The summed E-state index contributed by atoms with van der Waals surface area (Å²) in [6, 6.07) is 57.2. The second kappa shape index (κ2) is 10.6. The minimum absolute atomic E-state index is 0.697. The predicted molar refractivity (Wildman–Crippen MR) is 178 cm³/mol. The molecule has 0 amide bonds. The van der Waals surface area contributed by atoms with Crippen LogP contribution >= 0.6 is 0 Å². The van der Waals surface area contributed by atoms with Crippen molar-refractivity contribution in [2.75, 3.05) is 0 Å². The van der Waals surface area contributed by atoms with Crippen LogP contribution in [0.15, 0.2) is 164 Å². The molecule has 0 atom stereocenters.